The van der Waals surface area contributed by atoms with Gasteiger partial charge in [0.15, 0.2) is 5.75 Å². The minimum atomic E-state index is -0.464. The third kappa shape index (κ3) is 3.85. The molecule has 2 aromatic rings. The van der Waals surface area contributed by atoms with Gasteiger partial charge in [0.05, 0.1) is 11.5 Å². The molecule has 0 amide bonds. The Morgan fingerprint density at radius 1 is 1.24 bits per heavy atom. The molecular formula is C15H16N2O4. The maximum Gasteiger partial charge on any atom is 0.311 e. The zero-order chi connectivity index (χ0) is 15.2. The van der Waals surface area contributed by atoms with E-state index in [-0.39, 0.29) is 17.2 Å². The molecule has 0 aliphatic heterocycles. The number of nitro groups is 1. The second-order valence-electron chi connectivity index (χ2n) is 4.39. The second-order valence-corrected chi connectivity index (χ2v) is 4.39. The number of nitrogens with one attached hydrogen (secondary N) is 1. The molecule has 21 heavy (non-hydrogen) atoms. The zero-order valence-electron chi connectivity index (χ0n) is 11.6. The topological polar surface area (TPSA) is 84.6 Å². The Kier molecular flexibility index (Phi) is 4.61. The highest BCUT2D eigenvalue weighted by Gasteiger charge is 2.15. The van der Waals surface area contributed by atoms with Crippen molar-refractivity contribution in [2.75, 3.05) is 11.9 Å². The van der Waals surface area contributed by atoms with Crippen LogP contribution in [0, 0.1) is 10.1 Å². The Bertz CT molecular complexity index is 626. The first-order valence-corrected chi connectivity index (χ1v) is 6.53. The van der Waals surface area contributed by atoms with E-state index in [1.807, 2.05) is 0 Å². The molecule has 0 unspecified atom stereocenters. The van der Waals surface area contributed by atoms with Gasteiger partial charge < -0.3 is 15.2 Å². The van der Waals surface area contributed by atoms with Crippen LogP contribution in [0.25, 0.3) is 0 Å². The van der Waals surface area contributed by atoms with Crippen molar-refractivity contribution in [3.63, 3.8) is 0 Å². The van der Waals surface area contributed by atoms with Gasteiger partial charge in [-0.15, -0.1) is 0 Å². The molecule has 0 atom stereocenters. The Hall–Kier alpha value is -2.76. The molecular weight excluding hydrogens is 272 g/mol. The van der Waals surface area contributed by atoms with Gasteiger partial charge in [-0.2, -0.15) is 0 Å². The summed E-state index contributed by atoms with van der Waals surface area (Å²) in [7, 11) is 0. The minimum absolute atomic E-state index is 0.0490. The summed E-state index contributed by atoms with van der Waals surface area (Å²) in [4.78, 5) is 10.4. The number of rotatable bonds is 6. The minimum Gasteiger partial charge on any atom is -0.508 e. The molecule has 2 aromatic carbocycles. The summed E-state index contributed by atoms with van der Waals surface area (Å²) in [5.41, 5.74) is 1.67. The Balaban J connectivity index is 2.11. The van der Waals surface area contributed by atoms with E-state index in [1.165, 1.54) is 6.07 Å². The van der Waals surface area contributed by atoms with Gasteiger partial charge >= 0.3 is 5.69 Å². The Morgan fingerprint density at radius 3 is 2.57 bits per heavy atom. The van der Waals surface area contributed by atoms with E-state index in [2.05, 4.69) is 5.32 Å². The highest BCUT2D eigenvalue weighted by atomic mass is 16.6. The van der Waals surface area contributed by atoms with Gasteiger partial charge in [0.25, 0.3) is 0 Å². The van der Waals surface area contributed by atoms with Crippen LogP contribution in [-0.2, 0) is 6.54 Å². The molecule has 0 fully saturated rings. The van der Waals surface area contributed by atoms with Crippen molar-refractivity contribution in [1.29, 1.82) is 0 Å². The number of phenolic OH excluding ortho intramolecular Hbond substituents is 1. The van der Waals surface area contributed by atoms with E-state index in [0.29, 0.717) is 13.2 Å². The van der Waals surface area contributed by atoms with Crippen LogP contribution in [0.3, 0.4) is 0 Å². The van der Waals surface area contributed by atoms with E-state index in [4.69, 9.17) is 4.74 Å². The maximum absolute atomic E-state index is 10.9. The van der Waals surface area contributed by atoms with Crippen LogP contribution in [0.1, 0.15) is 12.5 Å². The van der Waals surface area contributed by atoms with E-state index < -0.39 is 4.92 Å². The molecule has 2 rings (SSSR count). The molecule has 0 aliphatic rings. The molecule has 110 valence electrons. The third-order valence-electron chi connectivity index (χ3n) is 2.89. The summed E-state index contributed by atoms with van der Waals surface area (Å²) >= 11 is 0. The largest absolute Gasteiger partial charge is 0.508 e. The lowest BCUT2D eigenvalue weighted by atomic mass is 10.2. The van der Waals surface area contributed by atoms with Gasteiger partial charge in [0.1, 0.15) is 5.75 Å². The van der Waals surface area contributed by atoms with Gasteiger partial charge in [-0.25, -0.2) is 0 Å². The first-order chi connectivity index (χ1) is 10.1. The number of nitro benzene ring substituents is 1. The quantitative estimate of drug-likeness (QED) is 0.629. The highest BCUT2D eigenvalue weighted by Crippen LogP contribution is 2.30. The number of hydrogen-bond donors (Lipinski definition) is 2. The lowest BCUT2D eigenvalue weighted by molar-refractivity contribution is -0.385. The lowest BCUT2D eigenvalue weighted by Crippen LogP contribution is -2.02. The number of hydrogen-bond acceptors (Lipinski definition) is 5. The molecule has 0 saturated carbocycles. The Labute approximate surface area is 122 Å². The van der Waals surface area contributed by atoms with Gasteiger partial charge in [-0.3, -0.25) is 10.1 Å². The van der Waals surface area contributed by atoms with Crippen LogP contribution < -0.4 is 10.1 Å². The summed E-state index contributed by atoms with van der Waals surface area (Å²) in [6.45, 7) is 2.69. The van der Waals surface area contributed by atoms with Crippen LogP contribution in [0.15, 0.2) is 42.5 Å². The number of aromatic hydroxyl groups is 1. The van der Waals surface area contributed by atoms with Crippen molar-refractivity contribution in [2.24, 2.45) is 0 Å². The number of benzene rings is 2. The van der Waals surface area contributed by atoms with Gasteiger partial charge in [0, 0.05) is 24.4 Å². The maximum atomic E-state index is 10.9. The average molecular weight is 288 g/mol. The summed E-state index contributed by atoms with van der Waals surface area (Å²) in [5, 5.41) is 23.3. The molecule has 0 heterocycles. The van der Waals surface area contributed by atoms with Crippen molar-refractivity contribution in [2.45, 2.75) is 13.5 Å². The van der Waals surface area contributed by atoms with Crippen LogP contribution in [0.4, 0.5) is 11.4 Å². The van der Waals surface area contributed by atoms with Gasteiger partial charge in [0.2, 0.25) is 0 Å². The second kappa shape index (κ2) is 6.60. The molecule has 0 spiro atoms. The lowest BCUT2D eigenvalue weighted by Gasteiger charge is -2.09. The molecule has 0 radical (unpaired) electrons. The first kappa shape index (κ1) is 14.6. The third-order valence-corrected chi connectivity index (χ3v) is 2.89. The summed E-state index contributed by atoms with van der Waals surface area (Å²) < 4.78 is 5.29. The normalized spacial score (nSPS) is 10.1. The van der Waals surface area contributed by atoms with Gasteiger partial charge in [-0.1, -0.05) is 12.1 Å². The predicted octanol–water partition coefficient (Wildman–Crippen LogP) is 3.31. The van der Waals surface area contributed by atoms with Crippen molar-refractivity contribution in [3.05, 3.63) is 58.1 Å². The standard InChI is InChI=1S/C15H16N2O4/c1-2-21-15-9-12(5-8-14(15)17(19)20)16-10-11-3-6-13(18)7-4-11/h3-9,16,18H,2,10H2,1H3. The van der Waals surface area contributed by atoms with E-state index in [9.17, 15) is 15.2 Å². The molecule has 6 heteroatoms. The zero-order valence-corrected chi connectivity index (χ0v) is 11.6. The van der Waals surface area contributed by atoms with Crippen LogP contribution in [0.5, 0.6) is 11.5 Å². The summed E-state index contributed by atoms with van der Waals surface area (Å²) in [5.74, 6) is 0.464. The fourth-order valence-corrected chi connectivity index (χ4v) is 1.86. The fraction of sp³-hybridized carbons (Fsp3) is 0.200. The molecule has 0 aliphatic carbocycles. The fourth-order valence-electron chi connectivity index (χ4n) is 1.86. The molecule has 6 nitrogen and oxygen atoms in total. The SMILES string of the molecule is CCOc1cc(NCc2ccc(O)cc2)ccc1[N+](=O)[O-]. The van der Waals surface area contributed by atoms with E-state index in [0.717, 1.165) is 11.3 Å². The Morgan fingerprint density at radius 2 is 1.95 bits per heavy atom. The molecule has 0 bridgehead atoms. The van der Waals surface area contributed by atoms with Crippen molar-refractivity contribution < 1.29 is 14.8 Å². The van der Waals surface area contributed by atoms with Crippen molar-refractivity contribution in [3.8, 4) is 11.5 Å². The smallest absolute Gasteiger partial charge is 0.311 e. The molecule has 0 aromatic heterocycles. The number of phenols is 1. The molecule has 2 N–H and O–H groups in total. The number of anilines is 1. The monoisotopic (exact) mass is 288 g/mol. The predicted molar refractivity (Wildman–Crippen MR) is 79.7 cm³/mol. The van der Waals surface area contributed by atoms with Crippen LogP contribution in [-0.4, -0.2) is 16.6 Å². The van der Waals surface area contributed by atoms with Crippen LogP contribution in [0.2, 0.25) is 0 Å². The average Bonchev–Trinajstić information content (AvgIpc) is 2.47. The first-order valence-electron chi connectivity index (χ1n) is 6.53. The number of ether oxygens (including phenoxy) is 1. The van der Waals surface area contributed by atoms with Crippen molar-refractivity contribution in [1.82, 2.24) is 0 Å². The molecule has 0 saturated heterocycles. The summed E-state index contributed by atoms with van der Waals surface area (Å²) in [6.07, 6.45) is 0. The van der Waals surface area contributed by atoms with Gasteiger partial charge in [-0.05, 0) is 30.7 Å². The van der Waals surface area contributed by atoms with E-state index in [1.54, 1.807) is 43.3 Å². The van der Waals surface area contributed by atoms with Crippen molar-refractivity contribution >= 4 is 11.4 Å². The van der Waals surface area contributed by atoms with E-state index >= 15 is 0 Å². The summed E-state index contributed by atoms with van der Waals surface area (Å²) in [6, 6.07) is 11.5. The highest BCUT2D eigenvalue weighted by molar-refractivity contribution is 5.58. The number of nitrogens with zero attached hydrogens (tertiary/aromatic N) is 1. The van der Waals surface area contributed by atoms with Crippen LogP contribution >= 0.6 is 0 Å².